The molecule has 1 aliphatic carbocycles. The molecule has 0 aromatic rings. The second-order valence-electron chi connectivity index (χ2n) is 6.95. The first-order chi connectivity index (χ1) is 8.65. The predicted molar refractivity (Wildman–Crippen MR) is 63.1 cm³/mol. The van der Waals surface area contributed by atoms with Crippen molar-refractivity contribution in [2.75, 3.05) is 19.7 Å². The van der Waals surface area contributed by atoms with Crippen molar-refractivity contribution >= 4 is 12.1 Å². The minimum Gasteiger partial charge on any atom is -0.465 e. The Hall–Kier alpha value is -1.33. The highest BCUT2D eigenvalue weighted by molar-refractivity contribution is 5.81. The maximum absolute atomic E-state index is 14.6. The van der Waals surface area contributed by atoms with Crippen LogP contribution in [0.4, 0.5) is 9.18 Å². The van der Waals surface area contributed by atoms with Gasteiger partial charge in [-0.2, -0.15) is 0 Å². The number of amides is 1. The molecule has 5 nitrogen and oxygen atoms in total. The monoisotopic (exact) mass is 271 g/mol. The molecular weight excluding hydrogens is 253 g/mol. The SMILES string of the molecule is CC(C)(C)OC(=O)N1C[C@@]2(F)C[C@@]3(COC(=O)[C@H]23)C1. The first-order valence-electron chi connectivity index (χ1n) is 6.49. The summed E-state index contributed by atoms with van der Waals surface area (Å²) >= 11 is 0. The van der Waals surface area contributed by atoms with Gasteiger partial charge in [0.15, 0.2) is 0 Å². The largest absolute Gasteiger partial charge is 0.465 e. The van der Waals surface area contributed by atoms with Crippen molar-refractivity contribution in [3.05, 3.63) is 0 Å². The Kier molecular flexibility index (Phi) is 2.27. The predicted octanol–water partition coefficient (Wildman–Crippen LogP) is 1.51. The minimum absolute atomic E-state index is 0.0799. The Bertz CT molecular complexity index is 460. The fourth-order valence-corrected chi connectivity index (χ4v) is 3.65. The van der Waals surface area contributed by atoms with Gasteiger partial charge in [-0.25, -0.2) is 9.18 Å². The number of carbonyl (C=O) groups is 2. The highest BCUT2D eigenvalue weighted by Gasteiger charge is 2.75. The summed E-state index contributed by atoms with van der Waals surface area (Å²) in [4.78, 5) is 24.9. The molecule has 1 saturated carbocycles. The molecule has 3 saturated heterocycles. The Morgan fingerprint density at radius 3 is 2.79 bits per heavy atom. The van der Waals surface area contributed by atoms with E-state index in [0.29, 0.717) is 13.0 Å². The first kappa shape index (κ1) is 12.7. The average Bonchev–Trinajstić information content (AvgIpc) is 2.49. The number of cyclic esters (lactones) is 1. The number of hydrogen-bond acceptors (Lipinski definition) is 4. The van der Waals surface area contributed by atoms with Gasteiger partial charge in [-0.1, -0.05) is 0 Å². The lowest BCUT2D eigenvalue weighted by atomic mass is 9.50. The van der Waals surface area contributed by atoms with E-state index in [4.69, 9.17) is 9.47 Å². The Morgan fingerprint density at radius 1 is 1.47 bits per heavy atom. The van der Waals surface area contributed by atoms with Gasteiger partial charge in [0, 0.05) is 12.0 Å². The number of alkyl halides is 1. The van der Waals surface area contributed by atoms with Gasteiger partial charge in [0.2, 0.25) is 0 Å². The van der Waals surface area contributed by atoms with Crippen LogP contribution in [-0.2, 0) is 14.3 Å². The molecule has 6 heteroatoms. The van der Waals surface area contributed by atoms with E-state index in [-0.39, 0.29) is 13.2 Å². The number of nitrogens with zero attached hydrogens (tertiary/aromatic N) is 1. The quantitative estimate of drug-likeness (QED) is 0.627. The molecule has 3 heterocycles. The standard InChI is InChI=1S/C13H18FNO4/c1-11(2,3)19-10(17)15-5-12-4-13(14,6-15)8(12)9(16)18-7-12/h8H,4-7H2,1-3H3/t8-,12-,13-/m0/s1. The summed E-state index contributed by atoms with van der Waals surface area (Å²) < 4.78 is 24.9. The molecule has 19 heavy (non-hydrogen) atoms. The second-order valence-corrected chi connectivity index (χ2v) is 6.95. The molecule has 4 aliphatic rings. The number of rotatable bonds is 0. The van der Waals surface area contributed by atoms with Crippen LogP contribution in [0.25, 0.3) is 0 Å². The second kappa shape index (κ2) is 3.41. The van der Waals surface area contributed by atoms with E-state index in [1.54, 1.807) is 20.8 Å². The van der Waals surface area contributed by atoms with Crippen LogP contribution in [-0.4, -0.2) is 47.9 Å². The summed E-state index contributed by atoms with van der Waals surface area (Å²) in [7, 11) is 0. The minimum atomic E-state index is -1.64. The van der Waals surface area contributed by atoms with E-state index in [9.17, 15) is 14.0 Å². The van der Waals surface area contributed by atoms with Crippen molar-refractivity contribution in [1.29, 1.82) is 0 Å². The molecule has 3 aliphatic heterocycles. The van der Waals surface area contributed by atoms with Gasteiger partial charge in [-0.3, -0.25) is 4.79 Å². The number of ether oxygens (including phenoxy) is 2. The maximum atomic E-state index is 14.6. The normalized spacial score (nSPS) is 40.3. The van der Waals surface area contributed by atoms with Crippen molar-refractivity contribution < 1.29 is 23.5 Å². The molecule has 0 N–H and O–H groups in total. The highest BCUT2D eigenvalue weighted by atomic mass is 19.1. The molecule has 0 radical (unpaired) electrons. The molecule has 0 aromatic heterocycles. The Balaban J connectivity index is 1.76. The first-order valence-corrected chi connectivity index (χ1v) is 6.49. The highest BCUT2D eigenvalue weighted by Crippen LogP contribution is 2.63. The smallest absolute Gasteiger partial charge is 0.410 e. The third kappa shape index (κ3) is 1.72. The van der Waals surface area contributed by atoms with Gasteiger partial charge in [-0.05, 0) is 27.2 Å². The topological polar surface area (TPSA) is 55.8 Å². The van der Waals surface area contributed by atoms with Crippen molar-refractivity contribution in [2.45, 2.75) is 38.5 Å². The Morgan fingerprint density at radius 2 is 2.16 bits per heavy atom. The van der Waals surface area contributed by atoms with Crippen LogP contribution in [0.3, 0.4) is 0 Å². The molecule has 1 amide bonds. The zero-order valence-electron chi connectivity index (χ0n) is 11.4. The zero-order chi connectivity index (χ0) is 14.1. The molecule has 4 fully saturated rings. The average molecular weight is 271 g/mol. The molecule has 3 atom stereocenters. The van der Waals surface area contributed by atoms with Crippen molar-refractivity contribution in [2.24, 2.45) is 11.3 Å². The van der Waals surface area contributed by atoms with E-state index in [1.807, 2.05) is 0 Å². The molecule has 1 spiro atoms. The van der Waals surface area contributed by atoms with Crippen LogP contribution in [0.2, 0.25) is 0 Å². The van der Waals surface area contributed by atoms with Gasteiger partial charge in [0.1, 0.15) is 17.2 Å². The number of halogens is 1. The summed E-state index contributed by atoms with van der Waals surface area (Å²) in [6.07, 6.45) is -0.221. The van der Waals surface area contributed by atoms with Crippen molar-refractivity contribution in [1.82, 2.24) is 4.90 Å². The molecule has 0 unspecified atom stereocenters. The Labute approximate surface area is 111 Å². The van der Waals surface area contributed by atoms with E-state index in [1.165, 1.54) is 4.90 Å². The lowest BCUT2D eigenvalue weighted by molar-refractivity contribution is -0.187. The van der Waals surface area contributed by atoms with Crippen molar-refractivity contribution in [3.8, 4) is 0 Å². The number of piperidine rings is 2. The zero-order valence-corrected chi connectivity index (χ0v) is 11.4. The lowest BCUT2D eigenvalue weighted by Gasteiger charge is -2.59. The van der Waals surface area contributed by atoms with Gasteiger partial charge < -0.3 is 14.4 Å². The summed E-state index contributed by atoms with van der Waals surface area (Å²) in [5, 5.41) is 0. The summed E-state index contributed by atoms with van der Waals surface area (Å²) in [6.45, 7) is 5.77. The lowest BCUT2D eigenvalue weighted by Crippen LogP contribution is -2.73. The van der Waals surface area contributed by atoms with E-state index >= 15 is 0 Å². The van der Waals surface area contributed by atoms with Gasteiger partial charge in [-0.15, -0.1) is 0 Å². The fourth-order valence-electron chi connectivity index (χ4n) is 3.65. The van der Waals surface area contributed by atoms with Crippen LogP contribution in [0, 0.1) is 11.3 Å². The van der Waals surface area contributed by atoms with Crippen LogP contribution in [0.15, 0.2) is 0 Å². The molecular formula is C13H18FNO4. The summed E-state index contributed by atoms with van der Waals surface area (Å²) in [5.41, 5.74) is -2.77. The van der Waals surface area contributed by atoms with Crippen LogP contribution >= 0.6 is 0 Å². The third-order valence-electron chi connectivity index (χ3n) is 4.12. The molecule has 0 aromatic carbocycles. The number of carbonyl (C=O) groups excluding carboxylic acids is 2. The molecule has 106 valence electrons. The molecule has 4 rings (SSSR count). The summed E-state index contributed by atoms with van der Waals surface area (Å²) in [6, 6.07) is 0. The number of fused-ring (bicyclic) bond motifs is 2. The number of hydrogen-bond donors (Lipinski definition) is 0. The van der Waals surface area contributed by atoms with E-state index in [2.05, 4.69) is 0 Å². The fraction of sp³-hybridized carbons (Fsp3) is 0.846. The van der Waals surface area contributed by atoms with Crippen LogP contribution in [0.5, 0.6) is 0 Å². The van der Waals surface area contributed by atoms with Gasteiger partial charge in [0.05, 0.1) is 13.2 Å². The van der Waals surface area contributed by atoms with Gasteiger partial charge >= 0.3 is 12.1 Å². The molecule has 2 bridgehead atoms. The van der Waals surface area contributed by atoms with E-state index < -0.39 is 34.7 Å². The third-order valence-corrected chi connectivity index (χ3v) is 4.12. The summed E-state index contributed by atoms with van der Waals surface area (Å²) in [5.74, 6) is -1.16. The van der Waals surface area contributed by atoms with Crippen LogP contribution in [0.1, 0.15) is 27.2 Å². The van der Waals surface area contributed by atoms with Crippen LogP contribution < -0.4 is 0 Å². The maximum Gasteiger partial charge on any atom is 0.410 e. The van der Waals surface area contributed by atoms with Gasteiger partial charge in [0.25, 0.3) is 0 Å². The van der Waals surface area contributed by atoms with Crippen molar-refractivity contribution in [3.63, 3.8) is 0 Å². The van der Waals surface area contributed by atoms with E-state index in [0.717, 1.165) is 0 Å². The number of esters is 1.